The largest absolute Gasteiger partial charge is 0.497 e. The first-order valence-corrected chi connectivity index (χ1v) is 7.22. The molecule has 100 valence electrons. The van der Waals surface area contributed by atoms with Crippen molar-refractivity contribution in [3.05, 3.63) is 29.8 Å². The predicted molar refractivity (Wildman–Crippen MR) is 75.8 cm³/mol. The van der Waals surface area contributed by atoms with Gasteiger partial charge in [0, 0.05) is 6.54 Å². The quantitative estimate of drug-likeness (QED) is 0.784. The van der Waals surface area contributed by atoms with Gasteiger partial charge in [-0.25, -0.2) is 0 Å². The molecule has 1 amide bonds. The summed E-state index contributed by atoms with van der Waals surface area (Å²) in [5, 5.41) is 2.83. The zero-order valence-corrected chi connectivity index (χ0v) is 11.6. The molecular formula is C13H20N2O2S. The van der Waals surface area contributed by atoms with Gasteiger partial charge in [0.2, 0.25) is 5.91 Å². The average molecular weight is 268 g/mol. The van der Waals surface area contributed by atoms with Gasteiger partial charge in [0.1, 0.15) is 5.75 Å². The number of carbonyl (C=O) groups excluding carboxylic acids is 1. The molecule has 0 saturated carbocycles. The van der Waals surface area contributed by atoms with Gasteiger partial charge in [-0.15, -0.1) is 0 Å². The SMILES string of the molecule is COc1cccc(CNC(=O)[C@@H](N)CCSC)c1. The summed E-state index contributed by atoms with van der Waals surface area (Å²) in [6.45, 7) is 0.475. The molecule has 0 aliphatic carbocycles. The Morgan fingerprint density at radius 1 is 1.56 bits per heavy atom. The zero-order valence-electron chi connectivity index (χ0n) is 10.8. The summed E-state index contributed by atoms with van der Waals surface area (Å²) in [6.07, 6.45) is 2.70. The van der Waals surface area contributed by atoms with Gasteiger partial charge < -0.3 is 15.8 Å². The Morgan fingerprint density at radius 3 is 3.00 bits per heavy atom. The van der Waals surface area contributed by atoms with Crippen LogP contribution >= 0.6 is 11.8 Å². The van der Waals surface area contributed by atoms with Crippen molar-refractivity contribution in [2.45, 2.75) is 19.0 Å². The lowest BCUT2D eigenvalue weighted by Crippen LogP contribution is -2.40. The van der Waals surface area contributed by atoms with Crippen LogP contribution in [0.3, 0.4) is 0 Å². The summed E-state index contributed by atoms with van der Waals surface area (Å²) in [6, 6.07) is 7.18. The number of hydrogen-bond donors (Lipinski definition) is 2. The van der Waals surface area contributed by atoms with E-state index in [9.17, 15) is 4.79 Å². The fourth-order valence-electron chi connectivity index (χ4n) is 1.48. The van der Waals surface area contributed by atoms with Gasteiger partial charge in [-0.3, -0.25) is 4.79 Å². The molecule has 0 unspecified atom stereocenters. The molecule has 0 saturated heterocycles. The van der Waals surface area contributed by atoms with Crippen molar-refractivity contribution in [2.24, 2.45) is 5.73 Å². The van der Waals surface area contributed by atoms with Gasteiger partial charge >= 0.3 is 0 Å². The van der Waals surface area contributed by atoms with E-state index < -0.39 is 6.04 Å². The van der Waals surface area contributed by atoms with Gasteiger partial charge in [0.25, 0.3) is 0 Å². The van der Waals surface area contributed by atoms with E-state index in [4.69, 9.17) is 10.5 Å². The molecule has 0 heterocycles. The Morgan fingerprint density at radius 2 is 2.33 bits per heavy atom. The van der Waals surface area contributed by atoms with Crippen LogP contribution < -0.4 is 15.8 Å². The van der Waals surface area contributed by atoms with Crippen molar-refractivity contribution in [3.8, 4) is 5.75 Å². The van der Waals surface area contributed by atoms with Crippen molar-refractivity contribution >= 4 is 17.7 Å². The van der Waals surface area contributed by atoms with Crippen molar-refractivity contribution < 1.29 is 9.53 Å². The number of benzene rings is 1. The van der Waals surface area contributed by atoms with E-state index in [1.807, 2.05) is 30.5 Å². The van der Waals surface area contributed by atoms with Crippen molar-refractivity contribution in [1.29, 1.82) is 0 Å². The molecule has 0 fully saturated rings. The Hall–Kier alpha value is -1.20. The number of hydrogen-bond acceptors (Lipinski definition) is 4. The molecule has 0 bridgehead atoms. The summed E-state index contributed by atoms with van der Waals surface area (Å²) in [5.41, 5.74) is 6.77. The minimum atomic E-state index is -0.428. The fraction of sp³-hybridized carbons (Fsp3) is 0.462. The number of ether oxygens (including phenoxy) is 1. The van der Waals surface area contributed by atoms with Crippen LogP contribution in [0.15, 0.2) is 24.3 Å². The maximum absolute atomic E-state index is 11.7. The van der Waals surface area contributed by atoms with Crippen molar-refractivity contribution in [1.82, 2.24) is 5.32 Å². The normalized spacial score (nSPS) is 11.9. The van der Waals surface area contributed by atoms with E-state index in [1.165, 1.54) is 0 Å². The molecule has 18 heavy (non-hydrogen) atoms. The summed E-state index contributed by atoms with van der Waals surface area (Å²) in [5.74, 6) is 1.58. The molecule has 0 aliphatic rings. The van der Waals surface area contributed by atoms with Gasteiger partial charge in [-0.2, -0.15) is 11.8 Å². The molecule has 1 rings (SSSR count). The predicted octanol–water partition coefficient (Wildman–Crippen LogP) is 1.39. The first kappa shape index (κ1) is 14.9. The maximum atomic E-state index is 11.7. The van der Waals surface area contributed by atoms with Crippen LogP contribution in [0.1, 0.15) is 12.0 Å². The van der Waals surface area contributed by atoms with Gasteiger partial charge in [0.05, 0.1) is 13.2 Å². The molecule has 1 atom stereocenters. The van der Waals surface area contributed by atoms with Crippen LogP contribution in [0.2, 0.25) is 0 Å². The van der Waals surface area contributed by atoms with Crippen LogP contribution in [0.5, 0.6) is 5.75 Å². The topological polar surface area (TPSA) is 64.3 Å². The number of methoxy groups -OCH3 is 1. The lowest BCUT2D eigenvalue weighted by molar-refractivity contribution is -0.122. The highest BCUT2D eigenvalue weighted by atomic mass is 32.2. The fourth-order valence-corrected chi connectivity index (χ4v) is 1.97. The van der Waals surface area contributed by atoms with E-state index >= 15 is 0 Å². The molecule has 1 aromatic carbocycles. The number of rotatable bonds is 7. The average Bonchev–Trinajstić information content (AvgIpc) is 2.42. The third-order valence-electron chi connectivity index (χ3n) is 2.57. The molecule has 1 aromatic rings. The van der Waals surface area contributed by atoms with E-state index in [2.05, 4.69) is 5.32 Å². The highest BCUT2D eigenvalue weighted by Crippen LogP contribution is 2.12. The van der Waals surface area contributed by atoms with E-state index in [1.54, 1.807) is 18.9 Å². The smallest absolute Gasteiger partial charge is 0.237 e. The number of nitrogens with one attached hydrogen (secondary N) is 1. The second kappa shape index (κ2) is 8.00. The highest BCUT2D eigenvalue weighted by Gasteiger charge is 2.12. The lowest BCUT2D eigenvalue weighted by Gasteiger charge is -2.12. The van der Waals surface area contributed by atoms with Gasteiger partial charge in [0.15, 0.2) is 0 Å². The molecule has 4 nitrogen and oxygen atoms in total. The van der Waals surface area contributed by atoms with Gasteiger partial charge in [-0.1, -0.05) is 12.1 Å². The Bertz CT molecular complexity index is 385. The second-order valence-corrected chi connectivity index (χ2v) is 4.94. The second-order valence-electron chi connectivity index (χ2n) is 3.96. The van der Waals surface area contributed by atoms with Crippen LogP contribution in [0.25, 0.3) is 0 Å². The highest BCUT2D eigenvalue weighted by molar-refractivity contribution is 7.98. The van der Waals surface area contributed by atoms with Gasteiger partial charge in [-0.05, 0) is 36.1 Å². The minimum Gasteiger partial charge on any atom is -0.497 e. The number of amides is 1. The monoisotopic (exact) mass is 268 g/mol. The molecule has 0 aromatic heterocycles. The van der Waals surface area contributed by atoms with E-state index in [-0.39, 0.29) is 5.91 Å². The van der Waals surface area contributed by atoms with Crippen LogP contribution in [-0.2, 0) is 11.3 Å². The summed E-state index contributed by atoms with van der Waals surface area (Å²) in [7, 11) is 1.62. The molecule has 0 radical (unpaired) electrons. The Balaban J connectivity index is 2.41. The molecular weight excluding hydrogens is 248 g/mol. The summed E-state index contributed by atoms with van der Waals surface area (Å²) >= 11 is 1.69. The minimum absolute atomic E-state index is 0.105. The zero-order chi connectivity index (χ0) is 13.4. The Kier molecular flexibility index (Phi) is 6.60. The molecule has 5 heteroatoms. The number of nitrogens with two attached hydrogens (primary N) is 1. The lowest BCUT2D eigenvalue weighted by atomic mass is 10.2. The van der Waals surface area contributed by atoms with Crippen LogP contribution in [0, 0.1) is 0 Å². The Labute approximate surface area is 112 Å². The molecule has 3 N–H and O–H groups in total. The third-order valence-corrected chi connectivity index (χ3v) is 3.21. The number of carbonyl (C=O) groups is 1. The summed E-state index contributed by atoms with van der Waals surface area (Å²) < 4.78 is 5.12. The third kappa shape index (κ3) is 4.98. The standard InChI is InChI=1S/C13H20N2O2S/c1-17-11-5-3-4-10(8-11)9-15-13(16)12(14)6-7-18-2/h3-5,8,12H,6-7,9,14H2,1-2H3,(H,15,16)/t12-/m0/s1. The molecule has 0 spiro atoms. The molecule has 0 aliphatic heterocycles. The van der Waals surface area contributed by atoms with Crippen LogP contribution in [-0.4, -0.2) is 31.1 Å². The first-order valence-electron chi connectivity index (χ1n) is 5.82. The van der Waals surface area contributed by atoms with E-state index in [0.29, 0.717) is 13.0 Å². The first-order chi connectivity index (χ1) is 8.67. The van der Waals surface area contributed by atoms with Crippen molar-refractivity contribution in [3.63, 3.8) is 0 Å². The summed E-state index contributed by atoms with van der Waals surface area (Å²) in [4.78, 5) is 11.7. The van der Waals surface area contributed by atoms with E-state index in [0.717, 1.165) is 17.1 Å². The van der Waals surface area contributed by atoms with Crippen LogP contribution in [0.4, 0.5) is 0 Å². The van der Waals surface area contributed by atoms with Crippen molar-refractivity contribution in [2.75, 3.05) is 19.1 Å². The number of thioether (sulfide) groups is 1. The maximum Gasteiger partial charge on any atom is 0.237 e.